The first-order valence-electron chi connectivity index (χ1n) is 7.66. The number of hydrogen-bond acceptors (Lipinski definition) is 3. The largest absolute Gasteiger partial charge is 0.497 e. The maximum atomic E-state index is 13.3. The summed E-state index contributed by atoms with van der Waals surface area (Å²) in [5.74, 6) is 5.93. The summed E-state index contributed by atoms with van der Waals surface area (Å²) in [4.78, 5) is 11.6. The Bertz CT molecular complexity index is 751. The van der Waals surface area contributed by atoms with Gasteiger partial charge in [0.05, 0.1) is 13.7 Å². The quantitative estimate of drug-likeness (QED) is 0.794. The lowest BCUT2D eigenvalue weighted by atomic mass is 10.2. The summed E-state index contributed by atoms with van der Waals surface area (Å²) in [6.45, 7) is 0.630. The minimum absolute atomic E-state index is 0.0517. The molecule has 0 aliphatic carbocycles. The lowest BCUT2D eigenvalue weighted by Gasteiger charge is -2.06. The highest BCUT2D eigenvalue weighted by molar-refractivity contribution is 5.74. The average molecular weight is 342 g/mol. The van der Waals surface area contributed by atoms with Crippen LogP contribution in [-0.4, -0.2) is 26.3 Å². The Morgan fingerprint density at radius 1 is 1.08 bits per heavy atom. The maximum absolute atomic E-state index is 13.3. The number of hydrogen-bond donors (Lipinski definition) is 2. The van der Waals surface area contributed by atoms with Gasteiger partial charge in [-0.2, -0.15) is 0 Å². The third-order valence-corrected chi connectivity index (χ3v) is 3.21. The summed E-state index contributed by atoms with van der Waals surface area (Å²) in [5.41, 5.74) is 0.959. The van der Waals surface area contributed by atoms with Crippen molar-refractivity contribution in [1.29, 1.82) is 0 Å². The molecule has 2 amide bonds. The molecule has 130 valence electrons. The molecule has 0 aliphatic heterocycles. The van der Waals surface area contributed by atoms with Crippen LogP contribution in [0, 0.1) is 17.7 Å². The first kappa shape index (κ1) is 18.1. The van der Waals surface area contributed by atoms with Crippen LogP contribution in [0.4, 0.5) is 9.18 Å². The van der Waals surface area contributed by atoms with Crippen molar-refractivity contribution in [3.8, 4) is 23.3 Å². The Hall–Kier alpha value is -3.20. The van der Waals surface area contributed by atoms with E-state index in [1.165, 1.54) is 12.1 Å². The van der Waals surface area contributed by atoms with E-state index in [0.29, 0.717) is 6.54 Å². The number of carbonyl (C=O) groups excluding carboxylic acids is 1. The smallest absolute Gasteiger partial charge is 0.315 e. The first-order chi connectivity index (χ1) is 12.2. The number of rotatable bonds is 6. The zero-order valence-electron chi connectivity index (χ0n) is 13.8. The number of ether oxygens (including phenoxy) is 2. The van der Waals surface area contributed by atoms with Crippen LogP contribution in [0.5, 0.6) is 11.5 Å². The summed E-state index contributed by atoms with van der Waals surface area (Å²) in [6, 6.07) is 13.2. The molecule has 0 saturated heterocycles. The molecule has 0 saturated carbocycles. The van der Waals surface area contributed by atoms with Gasteiger partial charge in [-0.1, -0.05) is 36.1 Å². The standard InChI is InChI=1S/C19H19FN2O3/c1-24-16-10-8-15(9-11-16)14-22-19(23)21-12-4-5-13-25-18-7-3-2-6-17(18)20/h2-3,6-11H,12-14H2,1H3,(H2,21,22,23). The molecule has 0 radical (unpaired) electrons. The Balaban J connectivity index is 1.63. The van der Waals surface area contributed by atoms with E-state index in [2.05, 4.69) is 22.5 Å². The fraction of sp³-hybridized carbons (Fsp3) is 0.211. The van der Waals surface area contributed by atoms with Gasteiger partial charge in [0.25, 0.3) is 0 Å². The molecule has 0 unspecified atom stereocenters. The molecular weight excluding hydrogens is 323 g/mol. The number of carbonyl (C=O) groups is 1. The Labute approximate surface area is 146 Å². The van der Waals surface area contributed by atoms with Crippen LogP contribution in [0.1, 0.15) is 5.56 Å². The van der Waals surface area contributed by atoms with Gasteiger partial charge in [-0.3, -0.25) is 0 Å². The second-order valence-electron chi connectivity index (χ2n) is 4.96. The molecule has 0 spiro atoms. The van der Waals surface area contributed by atoms with Crippen LogP contribution in [0.2, 0.25) is 0 Å². The van der Waals surface area contributed by atoms with Crippen molar-refractivity contribution in [3.05, 3.63) is 59.9 Å². The fourth-order valence-corrected chi connectivity index (χ4v) is 1.90. The van der Waals surface area contributed by atoms with E-state index in [4.69, 9.17) is 9.47 Å². The Morgan fingerprint density at radius 2 is 1.84 bits per heavy atom. The Kier molecular flexibility index (Phi) is 7.13. The number of urea groups is 1. The van der Waals surface area contributed by atoms with E-state index < -0.39 is 5.82 Å². The van der Waals surface area contributed by atoms with Crippen molar-refractivity contribution in [2.24, 2.45) is 0 Å². The number of halogens is 1. The first-order valence-corrected chi connectivity index (χ1v) is 7.66. The molecule has 0 fully saturated rings. The predicted octanol–water partition coefficient (Wildman–Crippen LogP) is 2.72. The van der Waals surface area contributed by atoms with Gasteiger partial charge in [-0.15, -0.1) is 0 Å². The second-order valence-corrected chi connectivity index (χ2v) is 4.96. The van der Waals surface area contributed by atoms with Crippen molar-refractivity contribution >= 4 is 6.03 Å². The highest BCUT2D eigenvalue weighted by Gasteiger charge is 2.00. The van der Waals surface area contributed by atoms with Crippen LogP contribution in [0.15, 0.2) is 48.5 Å². The predicted molar refractivity (Wildman–Crippen MR) is 92.9 cm³/mol. The summed E-state index contributed by atoms with van der Waals surface area (Å²) in [6.07, 6.45) is 0. The van der Waals surface area contributed by atoms with Gasteiger partial charge >= 0.3 is 6.03 Å². The number of amides is 2. The minimum Gasteiger partial charge on any atom is -0.497 e. The molecule has 25 heavy (non-hydrogen) atoms. The van der Waals surface area contributed by atoms with Crippen LogP contribution in [0.25, 0.3) is 0 Å². The van der Waals surface area contributed by atoms with Gasteiger partial charge in [0.1, 0.15) is 12.4 Å². The molecular formula is C19H19FN2O3. The van der Waals surface area contributed by atoms with Gasteiger partial charge in [0.15, 0.2) is 11.6 Å². The number of benzene rings is 2. The van der Waals surface area contributed by atoms with Crippen molar-refractivity contribution in [1.82, 2.24) is 10.6 Å². The van der Waals surface area contributed by atoms with Crippen molar-refractivity contribution < 1.29 is 18.7 Å². The average Bonchev–Trinajstić information content (AvgIpc) is 2.64. The molecule has 0 aromatic heterocycles. The molecule has 2 rings (SSSR count). The van der Waals surface area contributed by atoms with Crippen LogP contribution < -0.4 is 20.1 Å². The van der Waals surface area contributed by atoms with E-state index in [0.717, 1.165) is 11.3 Å². The SMILES string of the molecule is COc1ccc(CNC(=O)NCC#CCOc2ccccc2F)cc1. The lowest BCUT2D eigenvalue weighted by molar-refractivity contribution is 0.241. The summed E-state index contributed by atoms with van der Waals surface area (Å²) < 4.78 is 23.5. The highest BCUT2D eigenvalue weighted by Crippen LogP contribution is 2.14. The summed E-state index contributed by atoms with van der Waals surface area (Å²) >= 11 is 0. The Morgan fingerprint density at radius 3 is 2.56 bits per heavy atom. The van der Waals surface area contributed by atoms with Gasteiger partial charge in [-0.25, -0.2) is 9.18 Å². The number of nitrogens with one attached hydrogen (secondary N) is 2. The highest BCUT2D eigenvalue weighted by atomic mass is 19.1. The van der Waals surface area contributed by atoms with Gasteiger partial charge in [0, 0.05) is 6.54 Å². The fourth-order valence-electron chi connectivity index (χ4n) is 1.90. The molecule has 2 aromatic carbocycles. The maximum Gasteiger partial charge on any atom is 0.315 e. The topological polar surface area (TPSA) is 59.6 Å². The molecule has 2 N–H and O–H groups in total. The molecule has 0 atom stereocenters. The van der Waals surface area contributed by atoms with Gasteiger partial charge in [0.2, 0.25) is 0 Å². The van der Waals surface area contributed by atoms with Crippen molar-refractivity contribution in [2.75, 3.05) is 20.3 Å². The molecule has 5 nitrogen and oxygen atoms in total. The third kappa shape index (κ3) is 6.43. The lowest BCUT2D eigenvalue weighted by Crippen LogP contribution is -2.35. The molecule has 2 aromatic rings. The molecule has 6 heteroatoms. The number of para-hydroxylation sites is 1. The van der Waals surface area contributed by atoms with Crippen LogP contribution >= 0.6 is 0 Å². The van der Waals surface area contributed by atoms with Gasteiger partial charge < -0.3 is 20.1 Å². The third-order valence-electron chi connectivity index (χ3n) is 3.21. The van der Waals surface area contributed by atoms with E-state index in [-0.39, 0.29) is 24.9 Å². The van der Waals surface area contributed by atoms with E-state index in [9.17, 15) is 9.18 Å². The van der Waals surface area contributed by atoms with Crippen molar-refractivity contribution in [3.63, 3.8) is 0 Å². The van der Waals surface area contributed by atoms with Crippen LogP contribution in [-0.2, 0) is 6.54 Å². The molecule has 0 heterocycles. The summed E-state index contributed by atoms with van der Waals surface area (Å²) in [5, 5.41) is 5.33. The normalized spacial score (nSPS) is 9.52. The van der Waals surface area contributed by atoms with Crippen LogP contribution in [0.3, 0.4) is 0 Å². The zero-order chi connectivity index (χ0) is 17.9. The van der Waals surface area contributed by atoms with E-state index >= 15 is 0 Å². The second kappa shape index (κ2) is 9.83. The summed E-state index contributed by atoms with van der Waals surface area (Å²) in [7, 11) is 1.60. The monoisotopic (exact) mass is 342 g/mol. The van der Waals surface area contributed by atoms with Gasteiger partial charge in [-0.05, 0) is 29.8 Å². The molecule has 0 bridgehead atoms. The van der Waals surface area contributed by atoms with E-state index in [1.807, 2.05) is 24.3 Å². The minimum atomic E-state index is -0.430. The zero-order valence-corrected chi connectivity index (χ0v) is 13.8. The number of methoxy groups -OCH3 is 1. The van der Waals surface area contributed by atoms with Crippen molar-refractivity contribution in [2.45, 2.75) is 6.54 Å². The molecule has 0 aliphatic rings. The van der Waals surface area contributed by atoms with E-state index in [1.54, 1.807) is 19.2 Å².